The van der Waals surface area contributed by atoms with Gasteiger partial charge in [-0.15, -0.1) is 0 Å². The maximum absolute atomic E-state index is 11.7. The van der Waals surface area contributed by atoms with Crippen LogP contribution in [0.2, 0.25) is 0 Å². The van der Waals surface area contributed by atoms with Gasteiger partial charge in [-0.3, -0.25) is 4.79 Å². The smallest absolute Gasteiger partial charge is 0.316 e. The summed E-state index contributed by atoms with van der Waals surface area (Å²) in [4.78, 5) is 24.4. The summed E-state index contributed by atoms with van der Waals surface area (Å²) in [6.45, 7) is 0.671. The van der Waals surface area contributed by atoms with Crippen LogP contribution in [0.4, 0.5) is 4.79 Å². The van der Waals surface area contributed by atoms with Crippen LogP contribution in [0.1, 0.15) is 10.4 Å². The molecule has 6 nitrogen and oxygen atoms in total. The number of rotatable bonds is 4. The predicted octanol–water partition coefficient (Wildman–Crippen LogP) is 0.998. The van der Waals surface area contributed by atoms with E-state index in [0.29, 0.717) is 22.2 Å². The Bertz CT molecular complexity index is 477. The van der Waals surface area contributed by atoms with E-state index in [1.165, 1.54) is 11.0 Å². The van der Waals surface area contributed by atoms with Gasteiger partial charge in [-0.2, -0.15) is 0 Å². The minimum Gasteiger partial charge on any atom is -0.507 e. The Kier molecular flexibility index (Phi) is 5.87. The minimum absolute atomic E-state index is 0.0779. The van der Waals surface area contributed by atoms with Gasteiger partial charge in [-0.05, 0) is 40.8 Å². The van der Waals surface area contributed by atoms with Crippen molar-refractivity contribution in [1.82, 2.24) is 15.5 Å². The number of phenolic OH excluding ortho intramolecular Hbond substituents is 1. The minimum atomic E-state index is -0.286. The molecule has 0 saturated carbocycles. The molecule has 0 aliphatic heterocycles. The molecule has 3 amide bonds. The van der Waals surface area contributed by atoms with E-state index in [4.69, 9.17) is 0 Å². The summed E-state index contributed by atoms with van der Waals surface area (Å²) in [6, 6.07) is 4.50. The van der Waals surface area contributed by atoms with E-state index in [1.54, 1.807) is 26.2 Å². The summed E-state index contributed by atoms with van der Waals surface area (Å²) >= 11 is 1.98. The van der Waals surface area contributed by atoms with Gasteiger partial charge >= 0.3 is 6.03 Å². The largest absolute Gasteiger partial charge is 0.507 e. The first-order valence-electron chi connectivity index (χ1n) is 5.63. The van der Waals surface area contributed by atoms with E-state index in [9.17, 15) is 14.7 Å². The summed E-state index contributed by atoms with van der Waals surface area (Å²) in [6.07, 6.45) is 0. The average Bonchev–Trinajstić information content (AvgIpc) is 2.37. The van der Waals surface area contributed by atoms with Gasteiger partial charge in [0.05, 0.1) is 3.57 Å². The van der Waals surface area contributed by atoms with Crippen molar-refractivity contribution in [1.29, 1.82) is 0 Å². The zero-order chi connectivity index (χ0) is 14.4. The second-order valence-electron chi connectivity index (χ2n) is 4.05. The molecule has 7 heteroatoms. The fraction of sp³-hybridized carbons (Fsp3) is 0.333. The fourth-order valence-corrected chi connectivity index (χ4v) is 1.60. The molecule has 0 radical (unpaired) electrons. The highest BCUT2D eigenvalue weighted by atomic mass is 127. The molecule has 0 aliphatic carbocycles. The lowest BCUT2D eigenvalue weighted by Crippen LogP contribution is -2.39. The van der Waals surface area contributed by atoms with Crippen LogP contribution in [0, 0.1) is 3.57 Å². The topological polar surface area (TPSA) is 81.7 Å². The van der Waals surface area contributed by atoms with Crippen LogP contribution in [0.25, 0.3) is 0 Å². The molecule has 0 saturated heterocycles. The summed E-state index contributed by atoms with van der Waals surface area (Å²) in [5.74, 6) is -0.208. The molecule has 1 rings (SSSR count). The molecular weight excluding hydrogens is 361 g/mol. The SMILES string of the molecule is CN(C)C(=O)NCCNC(=O)c1ccc(I)c(O)c1. The van der Waals surface area contributed by atoms with Gasteiger partial charge in [-0.25, -0.2) is 4.79 Å². The van der Waals surface area contributed by atoms with E-state index < -0.39 is 0 Å². The molecule has 1 aromatic carbocycles. The Morgan fingerprint density at radius 3 is 2.47 bits per heavy atom. The zero-order valence-corrected chi connectivity index (χ0v) is 12.9. The Labute approximate surface area is 125 Å². The van der Waals surface area contributed by atoms with Crippen LogP contribution in [0.3, 0.4) is 0 Å². The first kappa shape index (κ1) is 15.5. The zero-order valence-electron chi connectivity index (χ0n) is 10.7. The maximum atomic E-state index is 11.7. The Balaban J connectivity index is 2.39. The van der Waals surface area contributed by atoms with Gasteiger partial charge in [0.2, 0.25) is 0 Å². The van der Waals surface area contributed by atoms with Crippen LogP contribution < -0.4 is 10.6 Å². The van der Waals surface area contributed by atoms with Crippen molar-refractivity contribution in [2.45, 2.75) is 0 Å². The lowest BCUT2D eigenvalue weighted by atomic mass is 10.2. The molecular formula is C12H16IN3O3. The first-order valence-corrected chi connectivity index (χ1v) is 6.71. The molecule has 0 aromatic heterocycles. The van der Waals surface area contributed by atoms with E-state index in [0.717, 1.165) is 0 Å². The van der Waals surface area contributed by atoms with Crippen molar-refractivity contribution in [3.8, 4) is 5.75 Å². The third kappa shape index (κ3) is 4.93. The highest BCUT2D eigenvalue weighted by molar-refractivity contribution is 14.1. The van der Waals surface area contributed by atoms with Crippen molar-refractivity contribution in [3.05, 3.63) is 27.3 Å². The molecule has 0 atom stereocenters. The summed E-state index contributed by atoms with van der Waals surface area (Å²) < 4.78 is 0.687. The lowest BCUT2D eigenvalue weighted by molar-refractivity contribution is 0.0953. The molecule has 0 bridgehead atoms. The van der Waals surface area contributed by atoms with E-state index in [2.05, 4.69) is 10.6 Å². The number of carbonyl (C=O) groups excluding carboxylic acids is 2. The molecule has 0 fully saturated rings. The summed E-state index contributed by atoms with van der Waals surface area (Å²) in [7, 11) is 3.28. The number of phenols is 1. The lowest BCUT2D eigenvalue weighted by Gasteiger charge is -2.12. The van der Waals surface area contributed by atoms with Gasteiger partial charge in [-0.1, -0.05) is 0 Å². The Morgan fingerprint density at radius 2 is 1.89 bits per heavy atom. The maximum Gasteiger partial charge on any atom is 0.316 e. The molecule has 3 N–H and O–H groups in total. The monoisotopic (exact) mass is 377 g/mol. The van der Waals surface area contributed by atoms with Gasteiger partial charge in [0, 0.05) is 32.7 Å². The Hall–Kier alpha value is -1.51. The third-order valence-corrected chi connectivity index (χ3v) is 3.21. The molecule has 0 unspecified atom stereocenters. The molecule has 0 heterocycles. The summed E-state index contributed by atoms with van der Waals surface area (Å²) in [5, 5.41) is 14.8. The first-order chi connectivity index (χ1) is 8.91. The molecule has 1 aromatic rings. The number of aromatic hydroxyl groups is 1. The van der Waals surface area contributed by atoms with E-state index in [-0.39, 0.29) is 17.7 Å². The third-order valence-electron chi connectivity index (χ3n) is 2.30. The molecule has 104 valence electrons. The normalized spacial score (nSPS) is 9.84. The number of hydrogen-bond acceptors (Lipinski definition) is 3. The van der Waals surface area contributed by atoms with Gasteiger partial charge in [0.1, 0.15) is 5.75 Å². The number of hydrogen-bond donors (Lipinski definition) is 3. The number of urea groups is 1. The van der Waals surface area contributed by atoms with Gasteiger partial charge in [0.25, 0.3) is 5.91 Å². The van der Waals surface area contributed by atoms with Crippen molar-refractivity contribution in [3.63, 3.8) is 0 Å². The highest BCUT2D eigenvalue weighted by Gasteiger charge is 2.08. The van der Waals surface area contributed by atoms with Crippen LogP contribution >= 0.6 is 22.6 Å². The van der Waals surface area contributed by atoms with E-state index in [1.807, 2.05) is 22.6 Å². The van der Waals surface area contributed by atoms with Gasteiger partial charge < -0.3 is 20.6 Å². The average molecular weight is 377 g/mol. The van der Waals surface area contributed by atoms with Gasteiger partial charge in [0.15, 0.2) is 0 Å². The van der Waals surface area contributed by atoms with Crippen LogP contribution in [-0.4, -0.2) is 49.1 Å². The van der Waals surface area contributed by atoms with Crippen molar-refractivity contribution < 1.29 is 14.7 Å². The number of nitrogens with zero attached hydrogens (tertiary/aromatic N) is 1. The van der Waals surface area contributed by atoms with E-state index >= 15 is 0 Å². The number of nitrogens with one attached hydrogen (secondary N) is 2. The van der Waals surface area contributed by atoms with Crippen LogP contribution in [0.15, 0.2) is 18.2 Å². The van der Waals surface area contributed by atoms with Crippen molar-refractivity contribution in [2.75, 3.05) is 27.2 Å². The summed E-state index contributed by atoms with van der Waals surface area (Å²) in [5.41, 5.74) is 0.386. The van der Waals surface area contributed by atoms with Crippen molar-refractivity contribution in [2.24, 2.45) is 0 Å². The predicted molar refractivity (Wildman–Crippen MR) is 80.2 cm³/mol. The number of carbonyl (C=O) groups is 2. The molecule has 19 heavy (non-hydrogen) atoms. The van der Waals surface area contributed by atoms with Crippen molar-refractivity contribution >= 4 is 34.5 Å². The molecule has 0 spiro atoms. The number of benzene rings is 1. The highest BCUT2D eigenvalue weighted by Crippen LogP contribution is 2.20. The number of amides is 3. The van der Waals surface area contributed by atoms with Crippen LogP contribution in [0.5, 0.6) is 5.75 Å². The second-order valence-corrected chi connectivity index (χ2v) is 5.21. The standard InChI is InChI=1S/C12H16IN3O3/c1-16(2)12(19)15-6-5-14-11(18)8-3-4-9(13)10(17)7-8/h3-4,7,17H,5-6H2,1-2H3,(H,14,18)(H,15,19). The Morgan fingerprint density at radius 1 is 1.26 bits per heavy atom. The molecule has 0 aliphatic rings. The second kappa shape index (κ2) is 7.17. The quantitative estimate of drug-likeness (QED) is 0.541. The van der Waals surface area contributed by atoms with Crippen LogP contribution in [-0.2, 0) is 0 Å². The fourth-order valence-electron chi connectivity index (χ4n) is 1.26. The number of halogens is 1.